The number of fused-ring (bicyclic) bond motifs is 1. The second-order valence-electron chi connectivity index (χ2n) is 9.33. The minimum Gasteiger partial charge on any atom is -0.361 e. The van der Waals surface area contributed by atoms with Crippen LogP contribution in [-0.4, -0.2) is 44.7 Å². The summed E-state index contributed by atoms with van der Waals surface area (Å²) in [6.45, 7) is 4.33. The van der Waals surface area contributed by atoms with Crippen LogP contribution in [0.1, 0.15) is 35.7 Å². The number of aryl methyl sites for hydroxylation is 3. The van der Waals surface area contributed by atoms with Gasteiger partial charge in [-0.3, -0.25) is 28.7 Å². The largest absolute Gasteiger partial charge is 0.433 e. The van der Waals surface area contributed by atoms with E-state index in [-0.39, 0.29) is 40.3 Å². The maximum Gasteiger partial charge on any atom is 0.433 e. The van der Waals surface area contributed by atoms with Gasteiger partial charge in [-0.05, 0) is 32.4 Å². The van der Waals surface area contributed by atoms with E-state index >= 15 is 0 Å². The van der Waals surface area contributed by atoms with Crippen molar-refractivity contribution in [2.24, 2.45) is 7.05 Å². The Morgan fingerprint density at radius 2 is 1.88 bits per heavy atom. The molecule has 0 radical (unpaired) electrons. The van der Waals surface area contributed by atoms with E-state index in [1.54, 1.807) is 13.0 Å². The van der Waals surface area contributed by atoms with E-state index in [0.717, 1.165) is 10.8 Å². The molecule has 0 saturated carbocycles. The molecule has 5 rings (SSSR count). The molecule has 41 heavy (non-hydrogen) atoms. The van der Waals surface area contributed by atoms with Crippen molar-refractivity contribution in [3.63, 3.8) is 0 Å². The van der Waals surface area contributed by atoms with E-state index in [1.807, 2.05) is 0 Å². The second-order valence-corrected chi connectivity index (χ2v) is 9.33. The molecule has 0 unspecified atom stereocenters. The summed E-state index contributed by atoms with van der Waals surface area (Å²) >= 11 is 0. The number of imidazole rings is 1. The van der Waals surface area contributed by atoms with Crippen LogP contribution in [0.15, 0.2) is 51.2 Å². The Morgan fingerprint density at radius 1 is 1.12 bits per heavy atom. The third kappa shape index (κ3) is 5.10. The van der Waals surface area contributed by atoms with Crippen LogP contribution >= 0.6 is 0 Å². The topological polar surface area (TPSA) is 156 Å². The van der Waals surface area contributed by atoms with Gasteiger partial charge < -0.3 is 14.4 Å². The van der Waals surface area contributed by atoms with Crippen LogP contribution in [-0.2, 0) is 24.6 Å². The minimum atomic E-state index is -4.59. The van der Waals surface area contributed by atoms with E-state index in [1.165, 1.54) is 54.8 Å². The molecule has 5 heterocycles. The highest BCUT2D eigenvalue weighted by Gasteiger charge is 2.34. The van der Waals surface area contributed by atoms with Gasteiger partial charge in [-0.25, -0.2) is 14.8 Å². The number of halogens is 3. The number of aromatic nitrogens is 8. The Hall–Kier alpha value is -5.15. The standard InChI is InChI=1S/C25H22F3N9O4/c1-12-5-15(7-30-20(12)25(26,27)28)17-8-29-9-18(32-17)33-22(38)14(3)37-11-31-21-19(37)23(39)36(24(40)35(21)4)10-16-6-13(2)41-34-16/h5-9,11,14H,10H2,1-4H3,(H,32,33,38)/t14-/m0/s1. The summed E-state index contributed by atoms with van der Waals surface area (Å²) in [6.07, 6.45) is 0.301. The first-order valence-corrected chi connectivity index (χ1v) is 12.1. The number of hydrogen-bond acceptors (Lipinski definition) is 9. The highest BCUT2D eigenvalue weighted by Crippen LogP contribution is 2.31. The summed E-state index contributed by atoms with van der Waals surface area (Å²) in [7, 11) is 1.45. The van der Waals surface area contributed by atoms with Gasteiger partial charge in [0.1, 0.15) is 23.2 Å². The number of hydrogen-bond donors (Lipinski definition) is 1. The number of anilines is 1. The molecule has 0 bridgehead atoms. The number of pyridine rings is 1. The summed E-state index contributed by atoms with van der Waals surface area (Å²) in [5.41, 5.74) is -1.46. The van der Waals surface area contributed by atoms with Crippen LogP contribution < -0.4 is 16.6 Å². The van der Waals surface area contributed by atoms with Crippen molar-refractivity contribution in [2.75, 3.05) is 5.32 Å². The fourth-order valence-electron chi connectivity index (χ4n) is 4.31. The lowest BCUT2D eigenvalue weighted by molar-refractivity contribution is -0.141. The monoisotopic (exact) mass is 569 g/mol. The van der Waals surface area contributed by atoms with E-state index in [9.17, 15) is 27.6 Å². The summed E-state index contributed by atoms with van der Waals surface area (Å²) in [6, 6.07) is 1.88. The normalized spacial score (nSPS) is 12.6. The van der Waals surface area contributed by atoms with Crippen molar-refractivity contribution in [1.82, 2.24) is 38.8 Å². The van der Waals surface area contributed by atoms with Crippen LogP contribution in [0.5, 0.6) is 0 Å². The Balaban J connectivity index is 1.44. The third-order valence-electron chi connectivity index (χ3n) is 6.38. The lowest BCUT2D eigenvalue weighted by Gasteiger charge is -2.15. The van der Waals surface area contributed by atoms with Crippen molar-refractivity contribution in [3.8, 4) is 11.3 Å². The molecular formula is C25H22F3N9O4. The maximum absolute atomic E-state index is 13.4. The van der Waals surface area contributed by atoms with Gasteiger partial charge in [-0.2, -0.15) is 13.2 Å². The van der Waals surface area contributed by atoms with Crippen LogP contribution in [0.25, 0.3) is 22.4 Å². The number of nitrogens with zero attached hydrogens (tertiary/aromatic N) is 8. The lowest BCUT2D eigenvalue weighted by atomic mass is 10.1. The van der Waals surface area contributed by atoms with E-state index in [0.29, 0.717) is 11.5 Å². The van der Waals surface area contributed by atoms with Gasteiger partial charge in [0.25, 0.3) is 5.56 Å². The van der Waals surface area contributed by atoms with Gasteiger partial charge in [0.2, 0.25) is 5.91 Å². The number of amides is 1. The molecule has 0 aliphatic carbocycles. The van der Waals surface area contributed by atoms with Crippen molar-refractivity contribution in [1.29, 1.82) is 0 Å². The summed E-state index contributed by atoms with van der Waals surface area (Å²) < 4.78 is 47.8. The number of carbonyl (C=O) groups is 1. The molecule has 0 aliphatic rings. The highest BCUT2D eigenvalue weighted by atomic mass is 19.4. The predicted octanol–water partition coefficient (Wildman–Crippen LogP) is 2.62. The molecule has 212 valence electrons. The number of nitrogens with one attached hydrogen (secondary N) is 1. The van der Waals surface area contributed by atoms with Crippen molar-refractivity contribution in [3.05, 3.63) is 80.6 Å². The van der Waals surface area contributed by atoms with E-state index in [4.69, 9.17) is 4.52 Å². The quantitative estimate of drug-likeness (QED) is 0.325. The second kappa shape index (κ2) is 10.1. The number of carbonyl (C=O) groups excluding carboxylic acids is 1. The lowest BCUT2D eigenvalue weighted by Crippen LogP contribution is -2.40. The van der Waals surface area contributed by atoms with Crippen LogP contribution in [0.2, 0.25) is 0 Å². The summed E-state index contributed by atoms with van der Waals surface area (Å²) in [4.78, 5) is 55.4. The summed E-state index contributed by atoms with van der Waals surface area (Å²) in [5.74, 6) is -0.0601. The molecule has 0 saturated heterocycles. The van der Waals surface area contributed by atoms with E-state index < -0.39 is 35.1 Å². The minimum absolute atomic E-state index is 0.0149. The molecule has 1 N–H and O–H groups in total. The smallest absolute Gasteiger partial charge is 0.361 e. The van der Waals surface area contributed by atoms with Gasteiger partial charge in [0.05, 0.1) is 31.0 Å². The Bertz CT molecular complexity index is 1920. The van der Waals surface area contributed by atoms with Gasteiger partial charge >= 0.3 is 11.9 Å². The van der Waals surface area contributed by atoms with Crippen molar-refractivity contribution < 1.29 is 22.5 Å². The molecule has 5 aromatic heterocycles. The molecule has 1 atom stereocenters. The van der Waals surface area contributed by atoms with Gasteiger partial charge in [-0.1, -0.05) is 5.16 Å². The van der Waals surface area contributed by atoms with E-state index in [2.05, 4.69) is 30.4 Å². The fraction of sp³-hybridized carbons (Fsp3) is 0.280. The Kier molecular flexibility index (Phi) is 6.76. The first-order valence-electron chi connectivity index (χ1n) is 12.1. The van der Waals surface area contributed by atoms with Crippen molar-refractivity contribution in [2.45, 2.75) is 39.5 Å². The highest BCUT2D eigenvalue weighted by molar-refractivity contribution is 5.93. The first kappa shape index (κ1) is 27.4. The molecular weight excluding hydrogens is 547 g/mol. The zero-order valence-corrected chi connectivity index (χ0v) is 22.1. The molecule has 0 spiro atoms. The van der Waals surface area contributed by atoms with Crippen LogP contribution in [0, 0.1) is 13.8 Å². The summed E-state index contributed by atoms with van der Waals surface area (Å²) in [5, 5.41) is 6.43. The molecule has 16 heteroatoms. The van der Waals surface area contributed by atoms with Gasteiger partial charge in [0, 0.05) is 24.9 Å². The average Bonchev–Trinajstić information content (AvgIpc) is 3.55. The molecule has 13 nitrogen and oxygen atoms in total. The SMILES string of the molecule is Cc1cc(Cn2c(=O)c3c(ncn3[C@@H](C)C(=O)Nc3cncc(-c4cnc(C(F)(F)F)c(C)c4)n3)n(C)c2=O)no1. The third-order valence-corrected chi connectivity index (χ3v) is 6.38. The number of rotatable bonds is 6. The van der Waals surface area contributed by atoms with Crippen LogP contribution in [0.4, 0.5) is 19.0 Å². The number of alkyl halides is 3. The Morgan fingerprint density at radius 3 is 2.54 bits per heavy atom. The maximum atomic E-state index is 13.4. The average molecular weight is 570 g/mol. The predicted molar refractivity (Wildman–Crippen MR) is 138 cm³/mol. The molecule has 0 aromatic carbocycles. The molecule has 0 fully saturated rings. The Labute approximate surface area is 228 Å². The molecule has 5 aromatic rings. The fourth-order valence-corrected chi connectivity index (χ4v) is 4.31. The zero-order valence-electron chi connectivity index (χ0n) is 22.1. The molecule has 1 amide bonds. The van der Waals surface area contributed by atoms with Gasteiger partial charge in [0.15, 0.2) is 17.0 Å². The van der Waals surface area contributed by atoms with Crippen LogP contribution in [0.3, 0.4) is 0 Å². The first-order chi connectivity index (χ1) is 19.3. The zero-order chi connectivity index (χ0) is 29.6. The molecule has 0 aliphatic heterocycles. The van der Waals surface area contributed by atoms with Crippen molar-refractivity contribution >= 4 is 22.9 Å². The van der Waals surface area contributed by atoms with Gasteiger partial charge in [-0.15, -0.1) is 0 Å².